The molecular weight excluding hydrogens is 290 g/mol. The molecule has 1 fully saturated rings. The number of hydrogen-bond acceptors (Lipinski definition) is 3. The highest BCUT2D eigenvalue weighted by Gasteiger charge is 2.45. The summed E-state index contributed by atoms with van der Waals surface area (Å²) in [5.41, 5.74) is 1.20. The van der Waals surface area contributed by atoms with Crippen LogP contribution in [-0.2, 0) is 5.60 Å². The van der Waals surface area contributed by atoms with Gasteiger partial charge >= 0.3 is 0 Å². The number of aryl methyl sites for hydroxylation is 1. The zero-order valence-corrected chi connectivity index (χ0v) is 12.8. The SMILES string of the molecule is Cc1oc2ccccc2c1C(=O)N1CC(O)(c2ccccc2)C1. The average molecular weight is 307 g/mol. The Labute approximate surface area is 133 Å². The smallest absolute Gasteiger partial charge is 0.258 e. The highest BCUT2D eigenvalue weighted by atomic mass is 16.3. The molecule has 0 radical (unpaired) electrons. The number of nitrogens with zero attached hydrogens (tertiary/aromatic N) is 1. The molecule has 2 heterocycles. The first kappa shape index (κ1) is 14.0. The molecule has 1 aromatic heterocycles. The number of furan rings is 1. The number of amides is 1. The second-order valence-electron chi connectivity index (χ2n) is 6.09. The standard InChI is InChI=1S/C19H17NO3/c1-13-17(15-9-5-6-10-16(15)23-13)18(21)20-11-19(22,12-20)14-7-3-2-4-8-14/h2-10,22H,11-12H2,1H3. The van der Waals surface area contributed by atoms with Gasteiger partial charge in [-0.25, -0.2) is 0 Å². The van der Waals surface area contributed by atoms with Crippen molar-refractivity contribution < 1.29 is 14.3 Å². The molecule has 1 amide bonds. The van der Waals surface area contributed by atoms with Crippen molar-refractivity contribution in [1.29, 1.82) is 0 Å². The minimum atomic E-state index is -0.954. The van der Waals surface area contributed by atoms with Crippen molar-refractivity contribution in [2.24, 2.45) is 0 Å². The zero-order chi connectivity index (χ0) is 16.0. The summed E-state index contributed by atoms with van der Waals surface area (Å²) >= 11 is 0. The Morgan fingerprint density at radius 3 is 2.48 bits per heavy atom. The third kappa shape index (κ3) is 2.14. The highest BCUT2D eigenvalue weighted by Crippen LogP contribution is 2.35. The molecule has 2 aromatic carbocycles. The van der Waals surface area contributed by atoms with Gasteiger partial charge in [-0.2, -0.15) is 0 Å². The molecule has 23 heavy (non-hydrogen) atoms. The van der Waals surface area contributed by atoms with Crippen LogP contribution >= 0.6 is 0 Å². The third-order valence-electron chi connectivity index (χ3n) is 4.49. The van der Waals surface area contributed by atoms with E-state index >= 15 is 0 Å². The number of likely N-dealkylation sites (tertiary alicyclic amines) is 1. The van der Waals surface area contributed by atoms with E-state index in [0.29, 0.717) is 30.0 Å². The Morgan fingerprint density at radius 2 is 1.74 bits per heavy atom. The van der Waals surface area contributed by atoms with Gasteiger partial charge in [-0.15, -0.1) is 0 Å². The predicted molar refractivity (Wildman–Crippen MR) is 87.2 cm³/mol. The molecule has 0 bridgehead atoms. The Kier molecular flexibility index (Phi) is 3.03. The molecular formula is C19H17NO3. The lowest BCUT2D eigenvalue weighted by Crippen LogP contribution is -2.61. The molecule has 0 spiro atoms. The van der Waals surface area contributed by atoms with Gasteiger partial charge in [0.2, 0.25) is 0 Å². The molecule has 0 saturated carbocycles. The Morgan fingerprint density at radius 1 is 1.09 bits per heavy atom. The van der Waals surface area contributed by atoms with Crippen LogP contribution in [0, 0.1) is 6.92 Å². The molecule has 0 unspecified atom stereocenters. The molecule has 3 aromatic rings. The Bertz CT molecular complexity index is 876. The van der Waals surface area contributed by atoms with Gasteiger partial charge in [0.15, 0.2) is 0 Å². The van der Waals surface area contributed by atoms with Crippen molar-refractivity contribution in [2.75, 3.05) is 13.1 Å². The summed E-state index contributed by atoms with van der Waals surface area (Å²) in [6, 6.07) is 17.0. The van der Waals surface area contributed by atoms with Gasteiger partial charge < -0.3 is 14.4 Å². The van der Waals surface area contributed by atoms with Crippen LogP contribution in [0.3, 0.4) is 0 Å². The van der Waals surface area contributed by atoms with E-state index in [1.807, 2.05) is 54.6 Å². The van der Waals surface area contributed by atoms with Crippen LogP contribution < -0.4 is 0 Å². The van der Waals surface area contributed by atoms with Gasteiger partial charge in [-0.05, 0) is 18.6 Å². The Balaban J connectivity index is 1.61. The normalized spacial score (nSPS) is 16.3. The second-order valence-corrected chi connectivity index (χ2v) is 6.09. The van der Waals surface area contributed by atoms with Gasteiger partial charge in [0.05, 0.1) is 18.7 Å². The summed E-state index contributed by atoms with van der Waals surface area (Å²) < 4.78 is 5.67. The van der Waals surface area contributed by atoms with Crippen LogP contribution in [0.4, 0.5) is 0 Å². The summed E-state index contributed by atoms with van der Waals surface area (Å²) in [6.45, 7) is 2.40. The monoisotopic (exact) mass is 307 g/mol. The lowest BCUT2D eigenvalue weighted by Gasteiger charge is -2.46. The van der Waals surface area contributed by atoms with Crippen molar-refractivity contribution >= 4 is 16.9 Å². The van der Waals surface area contributed by atoms with Crippen molar-refractivity contribution in [3.8, 4) is 0 Å². The van der Waals surface area contributed by atoms with Crippen molar-refractivity contribution in [3.05, 3.63) is 71.5 Å². The van der Waals surface area contributed by atoms with Gasteiger partial charge in [0.25, 0.3) is 5.91 Å². The summed E-state index contributed by atoms with van der Waals surface area (Å²) in [7, 11) is 0. The number of para-hydroxylation sites is 1. The first-order chi connectivity index (χ1) is 11.1. The maximum Gasteiger partial charge on any atom is 0.258 e. The van der Waals surface area contributed by atoms with Gasteiger partial charge in [0.1, 0.15) is 16.9 Å². The first-order valence-corrected chi connectivity index (χ1v) is 7.64. The fourth-order valence-corrected chi connectivity index (χ4v) is 3.25. The quantitative estimate of drug-likeness (QED) is 0.791. The van der Waals surface area contributed by atoms with E-state index in [2.05, 4.69) is 0 Å². The minimum Gasteiger partial charge on any atom is -0.461 e. The maximum atomic E-state index is 12.8. The van der Waals surface area contributed by atoms with E-state index in [-0.39, 0.29) is 5.91 Å². The molecule has 1 aliphatic heterocycles. The summed E-state index contributed by atoms with van der Waals surface area (Å²) in [5.74, 6) is 0.527. The number of rotatable bonds is 2. The summed E-state index contributed by atoms with van der Waals surface area (Å²) in [4.78, 5) is 14.5. The molecule has 0 atom stereocenters. The molecule has 4 heteroatoms. The lowest BCUT2D eigenvalue weighted by atomic mass is 9.85. The fraction of sp³-hybridized carbons (Fsp3) is 0.211. The summed E-state index contributed by atoms with van der Waals surface area (Å²) in [6.07, 6.45) is 0. The molecule has 116 valence electrons. The van der Waals surface area contributed by atoms with Crippen LogP contribution in [-0.4, -0.2) is 29.0 Å². The van der Waals surface area contributed by atoms with E-state index in [0.717, 1.165) is 10.9 Å². The molecule has 0 aliphatic carbocycles. The summed E-state index contributed by atoms with van der Waals surface area (Å²) in [5, 5.41) is 11.5. The van der Waals surface area contributed by atoms with E-state index in [1.165, 1.54) is 0 Å². The fourth-order valence-electron chi connectivity index (χ4n) is 3.25. The van der Waals surface area contributed by atoms with Crippen LogP contribution in [0.5, 0.6) is 0 Å². The number of β-amino-alcohol motifs (C(OH)–C–C–N with tert-alkyl or cyclic N) is 1. The molecule has 4 rings (SSSR count). The second kappa shape index (κ2) is 4.96. The van der Waals surface area contributed by atoms with Gasteiger partial charge in [-0.1, -0.05) is 48.5 Å². The van der Waals surface area contributed by atoms with E-state index < -0.39 is 5.60 Å². The number of aliphatic hydroxyl groups is 1. The van der Waals surface area contributed by atoms with Crippen LogP contribution in [0.2, 0.25) is 0 Å². The highest BCUT2D eigenvalue weighted by molar-refractivity contribution is 6.07. The topological polar surface area (TPSA) is 53.7 Å². The Hall–Kier alpha value is -2.59. The van der Waals surface area contributed by atoms with E-state index in [9.17, 15) is 9.90 Å². The van der Waals surface area contributed by atoms with Crippen molar-refractivity contribution in [2.45, 2.75) is 12.5 Å². The number of carbonyl (C=O) groups is 1. The lowest BCUT2D eigenvalue weighted by molar-refractivity contribution is -0.0863. The van der Waals surface area contributed by atoms with Crippen LogP contribution in [0.1, 0.15) is 21.7 Å². The molecule has 4 nitrogen and oxygen atoms in total. The molecule has 1 N–H and O–H groups in total. The van der Waals surface area contributed by atoms with E-state index in [1.54, 1.807) is 11.8 Å². The van der Waals surface area contributed by atoms with Gasteiger partial charge in [0, 0.05) is 5.39 Å². The zero-order valence-electron chi connectivity index (χ0n) is 12.8. The van der Waals surface area contributed by atoms with Crippen molar-refractivity contribution in [1.82, 2.24) is 4.90 Å². The van der Waals surface area contributed by atoms with Gasteiger partial charge in [-0.3, -0.25) is 4.79 Å². The number of benzene rings is 2. The molecule has 1 aliphatic rings. The number of fused-ring (bicyclic) bond motifs is 1. The van der Waals surface area contributed by atoms with Crippen LogP contribution in [0.25, 0.3) is 11.0 Å². The number of hydrogen-bond donors (Lipinski definition) is 1. The molecule has 1 saturated heterocycles. The first-order valence-electron chi connectivity index (χ1n) is 7.64. The largest absolute Gasteiger partial charge is 0.461 e. The average Bonchev–Trinajstić information content (AvgIpc) is 2.88. The maximum absolute atomic E-state index is 12.8. The van der Waals surface area contributed by atoms with Crippen LogP contribution in [0.15, 0.2) is 59.0 Å². The number of carbonyl (C=O) groups excluding carboxylic acids is 1. The predicted octanol–water partition coefficient (Wildman–Crippen LogP) is 3.08. The third-order valence-corrected chi connectivity index (χ3v) is 4.49. The minimum absolute atomic E-state index is 0.0898. The van der Waals surface area contributed by atoms with E-state index in [4.69, 9.17) is 4.42 Å². The van der Waals surface area contributed by atoms with Crippen molar-refractivity contribution in [3.63, 3.8) is 0 Å².